The first-order valence-electron chi connectivity index (χ1n) is 8.92. The number of hydrogen-bond acceptors (Lipinski definition) is 6. The fraction of sp³-hybridized carbons (Fsp3) is 0.421. The van der Waals surface area contributed by atoms with E-state index < -0.39 is 12.0 Å². The van der Waals surface area contributed by atoms with Gasteiger partial charge in [-0.2, -0.15) is 5.10 Å². The van der Waals surface area contributed by atoms with Gasteiger partial charge in [0.05, 0.1) is 22.5 Å². The van der Waals surface area contributed by atoms with Crippen LogP contribution >= 0.6 is 11.6 Å². The Kier molecular flexibility index (Phi) is 9.11. The van der Waals surface area contributed by atoms with E-state index in [1.165, 1.54) is 14.0 Å². The molecular weight excluding hydrogens is 384 g/mol. The number of benzene rings is 1. The number of aliphatic hydroxyl groups excluding tert-OH is 1. The van der Waals surface area contributed by atoms with E-state index in [4.69, 9.17) is 16.4 Å². The third-order valence-corrected chi connectivity index (χ3v) is 3.88. The maximum Gasteiger partial charge on any atom is 0.297 e. The van der Waals surface area contributed by atoms with E-state index in [1.807, 2.05) is 26.8 Å². The SMILES string of the molecule is CC.Cc1ccc(Nc2c(C(=O)NOC[C@H](C)O)nn(C)c(=O)c2C)c(Cl)c1. The van der Waals surface area contributed by atoms with Crippen molar-refractivity contribution in [1.29, 1.82) is 0 Å². The molecule has 1 aromatic heterocycles. The third kappa shape index (κ3) is 6.05. The third-order valence-electron chi connectivity index (χ3n) is 3.57. The van der Waals surface area contributed by atoms with Crippen molar-refractivity contribution in [2.45, 2.75) is 40.7 Å². The Morgan fingerprint density at radius 2 is 2.00 bits per heavy atom. The lowest BCUT2D eigenvalue weighted by molar-refractivity contribution is -0.00717. The molecule has 0 saturated carbocycles. The van der Waals surface area contributed by atoms with Crippen LogP contribution < -0.4 is 16.4 Å². The number of nitrogens with zero attached hydrogens (tertiary/aromatic N) is 2. The molecule has 28 heavy (non-hydrogen) atoms. The number of hydrogen-bond donors (Lipinski definition) is 3. The summed E-state index contributed by atoms with van der Waals surface area (Å²) in [6, 6.07) is 5.36. The van der Waals surface area contributed by atoms with E-state index in [-0.39, 0.29) is 23.5 Å². The molecule has 154 valence electrons. The summed E-state index contributed by atoms with van der Waals surface area (Å²) in [4.78, 5) is 29.6. The van der Waals surface area contributed by atoms with E-state index in [0.29, 0.717) is 16.3 Å². The Bertz CT molecular complexity index is 881. The molecule has 0 aliphatic carbocycles. The molecule has 0 radical (unpaired) electrons. The fourth-order valence-corrected chi connectivity index (χ4v) is 2.50. The van der Waals surface area contributed by atoms with Crippen LogP contribution in [0, 0.1) is 13.8 Å². The zero-order chi connectivity index (χ0) is 21.4. The molecule has 0 fully saturated rings. The highest BCUT2D eigenvalue weighted by Crippen LogP contribution is 2.28. The molecule has 2 aromatic rings. The van der Waals surface area contributed by atoms with Crippen LogP contribution in [0.3, 0.4) is 0 Å². The number of aromatic nitrogens is 2. The summed E-state index contributed by atoms with van der Waals surface area (Å²) >= 11 is 6.23. The molecule has 0 aliphatic rings. The minimum absolute atomic E-state index is 0.0353. The van der Waals surface area contributed by atoms with Gasteiger partial charge in [-0.1, -0.05) is 31.5 Å². The lowest BCUT2D eigenvalue weighted by atomic mass is 10.1. The van der Waals surface area contributed by atoms with Crippen LogP contribution in [0.4, 0.5) is 11.4 Å². The molecule has 8 nitrogen and oxygen atoms in total. The monoisotopic (exact) mass is 410 g/mol. The van der Waals surface area contributed by atoms with Gasteiger partial charge in [0.1, 0.15) is 6.61 Å². The molecule has 1 atom stereocenters. The van der Waals surface area contributed by atoms with Crippen molar-refractivity contribution in [3.05, 3.63) is 50.4 Å². The normalized spacial score (nSPS) is 11.3. The molecule has 1 aromatic carbocycles. The highest BCUT2D eigenvalue weighted by atomic mass is 35.5. The van der Waals surface area contributed by atoms with Gasteiger partial charge < -0.3 is 10.4 Å². The Labute approximate surface area is 169 Å². The quantitative estimate of drug-likeness (QED) is 0.632. The molecule has 0 saturated heterocycles. The standard InChI is InChI=1S/C17H21ClN4O4.C2H6/c1-9-5-6-13(12(18)7-9)19-14-11(3)17(25)22(4)20-15(14)16(24)21-26-8-10(2)23;1-2/h5-7,10,19,23H,8H2,1-4H3,(H,21,24);1-2H3/t10-;/m0./s1. The van der Waals surface area contributed by atoms with Crippen LogP contribution in [-0.2, 0) is 11.9 Å². The van der Waals surface area contributed by atoms with Crippen LogP contribution in [0.15, 0.2) is 23.0 Å². The van der Waals surface area contributed by atoms with Crippen molar-refractivity contribution >= 4 is 28.9 Å². The van der Waals surface area contributed by atoms with Gasteiger partial charge in [-0.05, 0) is 38.5 Å². The van der Waals surface area contributed by atoms with Gasteiger partial charge >= 0.3 is 0 Å². The van der Waals surface area contributed by atoms with E-state index in [1.54, 1.807) is 19.1 Å². The van der Waals surface area contributed by atoms with Crippen LogP contribution in [-0.4, -0.2) is 33.5 Å². The summed E-state index contributed by atoms with van der Waals surface area (Å²) in [5.74, 6) is -0.657. The van der Waals surface area contributed by atoms with Crippen LogP contribution in [0.1, 0.15) is 42.4 Å². The number of carbonyl (C=O) groups excluding carboxylic acids is 1. The summed E-state index contributed by atoms with van der Waals surface area (Å²) in [7, 11) is 1.45. The van der Waals surface area contributed by atoms with Crippen molar-refractivity contribution in [3.63, 3.8) is 0 Å². The summed E-state index contributed by atoms with van der Waals surface area (Å²) in [5.41, 5.74) is 3.87. The van der Waals surface area contributed by atoms with Gasteiger partial charge in [-0.25, -0.2) is 10.2 Å². The predicted molar refractivity (Wildman–Crippen MR) is 110 cm³/mol. The number of halogens is 1. The summed E-state index contributed by atoms with van der Waals surface area (Å²) in [6.07, 6.45) is -0.742. The molecule has 2 rings (SSSR count). The van der Waals surface area contributed by atoms with E-state index in [2.05, 4.69) is 15.9 Å². The topological polar surface area (TPSA) is 105 Å². The second kappa shape index (κ2) is 10.8. The van der Waals surface area contributed by atoms with Gasteiger partial charge in [0.25, 0.3) is 11.5 Å². The van der Waals surface area contributed by atoms with Gasteiger partial charge in [-0.15, -0.1) is 0 Å². The number of carbonyl (C=O) groups is 1. The first kappa shape index (κ1) is 23.6. The molecule has 0 aliphatic heterocycles. The molecule has 3 N–H and O–H groups in total. The number of aryl methyl sites for hydroxylation is 2. The van der Waals surface area contributed by atoms with Crippen molar-refractivity contribution in [2.24, 2.45) is 7.05 Å². The molecule has 1 amide bonds. The highest BCUT2D eigenvalue weighted by Gasteiger charge is 2.20. The largest absolute Gasteiger partial charge is 0.391 e. The number of rotatable bonds is 6. The Morgan fingerprint density at radius 3 is 2.57 bits per heavy atom. The van der Waals surface area contributed by atoms with Gasteiger partial charge in [0.2, 0.25) is 0 Å². The van der Waals surface area contributed by atoms with Crippen LogP contribution in [0.2, 0.25) is 5.02 Å². The van der Waals surface area contributed by atoms with Crippen molar-refractivity contribution in [1.82, 2.24) is 15.3 Å². The molecule has 1 heterocycles. The first-order chi connectivity index (χ1) is 13.2. The average molecular weight is 411 g/mol. The number of anilines is 2. The highest BCUT2D eigenvalue weighted by molar-refractivity contribution is 6.33. The van der Waals surface area contributed by atoms with E-state index in [0.717, 1.165) is 10.2 Å². The van der Waals surface area contributed by atoms with Crippen LogP contribution in [0.25, 0.3) is 0 Å². The lowest BCUT2D eigenvalue weighted by Gasteiger charge is -2.16. The first-order valence-corrected chi connectivity index (χ1v) is 9.29. The average Bonchev–Trinajstić information content (AvgIpc) is 2.65. The second-order valence-electron chi connectivity index (χ2n) is 5.98. The van der Waals surface area contributed by atoms with Crippen LogP contribution in [0.5, 0.6) is 0 Å². The number of aliphatic hydroxyl groups is 1. The zero-order valence-corrected chi connectivity index (χ0v) is 17.7. The minimum atomic E-state index is -0.742. The Hall–Kier alpha value is -2.42. The molecule has 0 spiro atoms. The van der Waals surface area contributed by atoms with Gasteiger partial charge in [-0.3, -0.25) is 14.4 Å². The predicted octanol–water partition coefficient (Wildman–Crippen LogP) is 2.86. The van der Waals surface area contributed by atoms with Crippen molar-refractivity contribution < 1.29 is 14.7 Å². The second-order valence-corrected chi connectivity index (χ2v) is 6.38. The number of hydroxylamine groups is 1. The molecule has 9 heteroatoms. The van der Waals surface area contributed by atoms with E-state index >= 15 is 0 Å². The summed E-state index contributed by atoms with van der Waals surface area (Å²) < 4.78 is 1.07. The summed E-state index contributed by atoms with van der Waals surface area (Å²) in [5, 5.41) is 16.7. The van der Waals surface area contributed by atoms with Gasteiger partial charge in [0, 0.05) is 12.6 Å². The van der Waals surface area contributed by atoms with Crippen molar-refractivity contribution in [2.75, 3.05) is 11.9 Å². The number of amides is 1. The maximum atomic E-state index is 12.4. The Balaban J connectivity index is 0.00000190. The van der Waals surface area contributed by atoms with E-state index in [9.17, 15) is 14.7 Å². The molecule has 0 unspecified atom stereocenters. The van der Waals surface area contributed by atoms with Gasteiger partial charge in [0.15, 0.2) is 5.69 Å². The molecule has 0 bridgehead atoms. The Morgan fingerprint density at radius 1 is 1.36 bits per heavy atom. The smallest absolute Gasteiger partial charge is 0.297 e. The molecular formula is C19H27ClN4O4. The maximum absolute atomic E-state index is 12.4. The number of nitrogens with one attached hydrogen (secondary N) is 2. The lowest BCUT2D eigenvalue weighted by Crippen LogP contribution is -2.33. The zero-order valence-electron chi connectivity index (χ0n) is 17.0. The summed E-state index contributed by atoms with van der Waals surface area (Å²) in [6.45, 7) is 8.93. The van der Waals surface area contributed by atoms with Crippen molar-refractivity contribution in [3.8, 4) is 0 Å². The fourth-order valence-electron chi connectivity index (χ4n) is 2.22. The minimum Gasteiger partial charge on any atom is -0.391 e.